The molecule has 0 aliphatic carbocycles. The average molecular weight is 194 g/mol. The van der Waals surface area contributed by atoms with E-state index in [0.717, 1.165) is 22.6 Å². The highest BCUT2D eigenvalue weighted by atomic mass is 35.5. The Bertz CT molecular complexity index is 347. The normalized spacial score (nSPS) is 9.15. The van der Waals surface area contributed by atoms with Crippen LogP contribution in [0.5, 0.6) is 0 Å². The number of nitrogens with two attached hydrogens (primary N) is 1. The average Bonchev–Trinajstić information content (AvgIpc) is 2.13. The van der Waals surface area contributed by atoms with Gasteiger partial charge in [0.2, 0.25) is 0 Å². The van der Waals surface area contributed by atoms with Gasteiger partial charge in [0.15, 0.2) is 0 Å². The van der Waals surface area contributed by atoms with E-state index in [1.54, 1.807) is 0 Å². The summed E-state index contributed by atoms with van der Waals surface area (Å²) in [5, 5.41) is 0.763. The highest BCUT2D eigenvalue weighted by Gasteiger charge is 1.97. The molecule has 0 unspecified atom stereocenters. The van der Waals surface area contributed by atoms with Crippen LogP contribution >= 0.6 is 11.6 Å². The molecule has 0 saturated heterocycles. The van der Waals surface area contributed by atoms with Crippen LogP contribution in [0.3, 0.4) is 0 Å². The maximum Gasteiger partial charge on any atom is 0.0447 e. The molecule has 0 atom stereocenters. The fraction of sp³-hybridized carbons (Fsp3) is 0.273. The fourth-order valence-corrected chi connectivity index (χ4v) is 1.15. The Kier molecular flexibility index (Phi) is 3.82. The summed E-state index contributed by atoms with van der Waals surface area (Å²) in [6.07, 6.45) is 0.728. The molecule has 0 spiro atoms. The monoisotopic (exact) mass is 193 g/mol. The van der Waals surface area contributed by atoms with Crippen LogP contribution in [0.1, 0.15) is 17.5 Å². The first-order chi connectivity index (χ1) is 6.25. The molecule has 0 heterocycles. The molecule has 68 valence electrons. The number of benzene rings is 1. The largest absolute Gasteiger partial charge is 0.330 e. The Morgan fingerprint density at radius 2 is 2.23 bits per heavy atom. The van der Waals surface area contributed by atoms with Gasteiger partial charge in [-0.25, -0.2) is 0 Å². The number of rotatable bonds is 1. The van der Waals surface area contributed by atoms with Crippen molar-refractivity contribution in [2.24, 2.45) is 5.73 Å². The number of halogens is 1. The molecular formula is C11H12ClN. The molecule has 0 aromatic heterocycles. The van der Waals surface area contributed by atoms with E-state index in [2.05, 4.69) is 11.8 Å². The molecule has 0 amide bonds. The van der Waals surface area contributed by atoms with Gasteiger partial charge in [0.1, 0.15) is 0 Å². The summed E-state index contributed by atoms with van der Waals surface area (Å²) in [5.41, 5.74) is 7.35. The van der Waals surface area contributed by atoms with Crippen molar-refractivity contribution in [1.82, 2.24) is 0 Å². The van der Waals surface area contributed by atoms with Gasteiger partial charge in [-0.05, 0) is 24.6 Å². The summed E-state index contributed by atoms with van der Waals surface area (Å²) in [4.78, 5) is 0. The fourth-order valence-electron chi connectivity index (χ4n) is 0.973. The van der Waals surface area contributed by atoms with Crippen molar-refractivity contribution in [1.29, 1.82) is 0 Å². The molecule has 2 N–H and O–H groups in total. The summed E-state index contributed by atoms with van der Waals surface area (Å²) in [5.74, 6) is 6.03. The van der Waals surface area contributed by atoms with E-state index >= 15 is 0 Å². The van der Waals surface area contributed by atoms with E-state index in [9.17, 15) is 0 Å². The number of hydrogen-bond donors (Lipinski definition) is 1. The van der Waals surface area contributed by atoms with Crippen molar-refractivity contribution in [2.75, 3.05) is 6.54 Å². The Hall–Kier alpha value is -0.970. The Morgan fingerprint density at radius 3 is 2.92 bits per heavy atom. The minimum absolute atomic E-state index is 0.604. The van der Waals surface area contributed by atoms with Crippen LogP contribution in [0.25, 0.3) is 0 Å². The highest BCUT2D eigenvalue weighted by molar-refractivity contribution is 6.31. The van der Waals surface area contributed by atoms with E-state index < -0.39 is 0 Å². The summed E-state index contributed by atoms with van der Waals surface area (Å²) in [7, 11) is 0. The lowest BCUT2D eigenvalue weighted by Gasteiger charge is -1.98. The minimum atomic E-state index is 0.604. The van der Waals surface area contributed by atoms with Crippen LogP contribution in [0.4, 0.5) is 0 Å². The first-order valence-corrected chi connectivity index (χ1v) is 4.57. The second-order valence-electron chi connectivity index (χ2n) is 2.75. The van der Waals surface area contributed by atoms with Gasteiger partial charge in [-0.1, -0.05) is 29.5 Å². The van der Waals surface area contributed by atoms with Crippen molar-refractivity contribution >= 4 is 11.6 Å². The van der Waals surface area contributed by atoms with Gasteiger partial charge in [-0.15, -0.1) is 0 Å². The van der Waals surface area contributed by atoms with E-state index in [4.69, 9.17) is 17.3 Å². The molecule has 0 bridgehead atoms. The van der Waals surface area contributed by atoms with Gasteiger partial charge < -0.3 is 5.73 Å². The molecule has 0 radical (unpaired) electrons. The molecule has 1 aromatic rings. The molecule has 0 aliphatic heterocycles. The minimum Gasteiger partial charge on any atom is -0.330 e. The second-order valence-corrected chi connectivity index (χ2v) is 3.16. The molecule has 1 rings (SSSR count). The second kappa shape index (κ2) is 4.91. The quantitative estimate of drug-likeness (QED) is 0.681. The summed E-state index contributed by atoms with van der Waals surface area (Å²) in [6, 6.07) is 5.73. The van der Waals surface area contributed by atoms with Crippen molar-refractivity contribution in [3.8, 4) is 11.8 Å². The third-order valence-electron chi connectivity index (χ3n) is 1.76. The van der Waals surface area contributed by atoms with Crippen molar-refractivity contribution < 1.29 is 0 Å². The highest BCUT2D eigenvalue weighted by Crippen LogP contribution is 2.17. The van der Waals surface area contributed by atoms with Crippen LogP contribution in [-0.2, 0) is 0 Å². The van der Waals surface area contributed by atoms with Crippen LogP contribution in [-0.4, -0.2) is 6.54 Å². The Morgan fingerprint density at radius 1 is 1.46 bits per heavy atom. The van der Waals surface area contributed by atoms with Crippen molar-refractivity contribution in [2.45, 2.75) is 13.3 Å². The zero-order valence-electron chi connectivity index (χ0n) is 7.60. The molecule has 0 fully saturated rings. The predicted molar refractivity (Wildman–Crippen MR) is 56.7 cm³/mol. The molecule has 1 nitrogen and oxygen atoms in total. The van der Waals surface area contributed by atoms with Gasteiger partial charge in [0.25, 0.3) is 0 Å². The SMILES string of the molecule is Cc1c(Cl)cccc1C#CCCN. The van der Waals surface area contributed by atoms with E-state index in [1.807, 2.05) is 25.1 Å². The van der Waals surface area contributed by atoms with Crippen molar-refractivity contribution in [3.63, 3.8) is 0 Å². The van der Waals surface area contributed by atoms with Crippen LogP contribution in [0.15, 0.2) is 18.2 Å². The third-order valence-corrected chi connectivity index (χ3v) is 2.17. The molecule has 1 aromatic carbocycles. The van der Waals surface area contributed by atoms with Gasteiger partial charge in [0, 0.05) is 23.6 Å². The molecular weight excluding hydrogens is 182 g/mol. The zero-order chi connectivity index (χ0) is 9.68. The maximum atomic E-state index is 5.93. The van der Waals surface area contributed by atoms with Crippen LogP contribution < -0.4 is 5.73 Å². The molecule has 0 aliphatic rings. The van der Waals surface area contributed by atoms with Crippen LogP contribution in [0, 0.1) is 18.8 Å². The molecule has 13 heavy (non-hydrogen) atoms. The predicted octanol–water partition coefficient (Wildman–Crippen LogP) is 2.35. The Labute approximate surface area is 83.9 Å². The number of hydrogen-bond acceptors (Lipinski definition) is 1. The lowest BCUT2D eigenvalue weighted by Crippen LogP contribution is -1.95. The van der Waals surface area contributed by atoms with E-state index in [0.29, 0.717) is 6.54 Å². The molecule has 2 heteroatoms. The van der Waals surface area contributed by atoms with E-state index in [1.165, 1.54) is 0 Å². The first-order valence-electron chi connectivity index (χ1n) is 4.19. The van der Waals surface area contributed by atoms with E-state index in [-0.39, 0.29) is 0 Å². The smallest absolute Gasteiger partial charge is 0.0447 e. The zero-order valence-corrected chi connectivity index (χ0v) is 8.36. The summed E-state index contributed by atoms with van der Waals surface area (Å²) >= 11 is 5.93. The Balaban J connectivity index is 2.91. The third kappa shape index (κ3) is 2.77. The lowest BCUT2D eigenvalue weighted by atomic mass is 10.1. The topological polar surface area (TPSA) is 26.0 Å². The van der Waals surface area contributed by atoms with Crippen molar-refractivity contribution in [3.05, 3.63) is 34.3 Å². The van der Waals surface area contributed by atoms with Gasteiger partial charge in [-0.3, -0.25) is 0 Å². The first kappa shape index (κ1) is 10.1. The van der Waals surface area contributed by atoms with Gasteiger partial charge in [-0.2, -0.15) is 0 Å². The standard InChI is InChI=1S/C11H12ClN/c1-9-10(5-2-3-8-13)6-4-7-11(9)12/h4,6-7H,3,8,13H2,1H3. The maximum absolute atomic E-state index is 5.93. The molecule has 0 saturated carbocycles. The summed E-state index contributed by atoms with van der Waals surface area (Å²) in [6.45, 7) is 2.57. The lowest BCUT2D eigenvalue weighted by molar-refractivity contribution is 1.03. The van der Waals surface area contributed by atoms with Gasteiger partial charge >= 0.3 is 0 Å². The van der Waals surface area contributed by atoms with Crippen LogP contribution in [0.2, 0.25) is 5.02 Å². The van der Waals surface area contributed by atoms with Gasteiger partial charge in [0.05, 0.1) is 0 Å². The summed E-state index contributed by atoms with van der Waals surface area (Å²) < 4.78 is 0.